The third-order valence-corrected chi connectivity index (χ3v) is 6.00. The minimum Gasteiger partial charge on any atom is -0.359 e. The van der Waals surface area contributed by atoms with Crippen LogP contribution in [-0.4, -0.2) is 56.6 Å². The van der Waals surface area contributed by atoms with Gasteiger partial charge in [-0.2, -0.15) is 19.6 Å². The number of urea groups is 1. The number of aromatic nitrogens is 4. The van der Waals surface area contributed by atoms with Crippen LogP contribution in [0, 0.1) is 5.92 Å². The third kappa shape index (κ3) is 4.07. The van der Waals surface area contributed by atoms with Gasteiger partial charge in [-0.05, 0) is 44.6 Å². The van der Waals surface area contributed by atoms with Crippen LogP contribution in [0.4, 0.5) is 16.7 Å². The number of rotatable bonds is 6. The Morgan fingerprint density at radius 1 is 1.06 bits per heavy atom. The summed E-state index contributed by atoms with van der Waals surface area (Å²) in [6.45, 7) is 0. The van der Waals surface area contributed by atoms with Crippen molar-refractivity contribution in [3.63, 3.8) is 0 Å². The molecule has 2 aromatic rings. The Hall–Kier alpha value is -3.70. The topological polar surface area (TPSA) is 154 Å². The monoisotopic (exact) mass is 439 g/mol. The van der Waals surface area contributed by atoms with Gasteiger partial charge in [0.2, 0.25) is 17.8 Å². The first-order valence-corrected chi connectivity index (χ1v) is 10.8. The molecule has 0 spiro atoms. The quantitative estimate of drug-likeness (QED) is 0.324. The second-order valence-electron chi connectivity index (χ2n) is 8.40. The molecule has 2 aliphatic carbocycles. The molecular weight excluding hydrogens is 414 g/mol. The maximum absolute atomic E-state index is 11.9. The Kier molecular flexibility index (Phi) is 5.11. The van der Waals surface area contributed by atoms with E-state index in [0.29, 0.717) is 29.1 Å². The van der Waals surface area contributed by atoms with Crippen LogP contribution >= 0.6 is 0 Å². The number of imide groups is 1. The fourth-order valence-corrected chi connectivity index (χ4v) is 4.09. The lowest BCUT2D eigenvalue weighted by Gasteiger charge is -2.28. The Balaban J connectivity index is 1.41. The summed E-state index contributed by atoms with van der Waals surface area (Å²) in [4.78, 5) is 44.5. The van der Waals surface area contributed by atoms with Gasteiger partial charge in [0.25, 0.3) is 5.91 Å². The Labute approximate surface area is 183 Å². The molecule has 4 amide bonds. The Bertz CT molecular complexity index is 1110. The van der Waals surface area contributed by atoms with Gasteiger partial charge in [-0.15, -0.1) is 0 Å². The fourth-order valence-electron chi connectivity index (χ4n) is 4.09. The zero-order valence-electron chi connectivity index (χ0n) is 17.6. The second-order valence-corrected chi connectivity index (χ2v) is 8.40. The second kappa shape index (κ2) is 8.09. The van der Waals surface area contributed by atoms with E-state index in [-0.39, 0.29) is 23.6 Å². The largest absolute Gasteiger partial charge is 0.359 e. The predicted molar refractivity (Wildman–Crippen MR) is 116 cm³/mol. The molecule has 0 atom stereocenters. The molecule has 5 rings (SSSR count). The van der Waals surface area contributed by atoms with E-state index in [2.05, 4.69) is 41.7 Å². The third-order valence-electron chi connectivity index (χ3n) is 6.00. The van der Waals surface area contributed by atoms with Gasteiger partial charge in [-0.25, -0.2) is 4.79 Å². The van der Waals surface area contributed by atoms with Gasteiger partial charge >= 0.3 is 6.03 Å². The lowest BCUT2D eigenvalue weighted by Crippen LogP contribution is -2.34. The standard InChI is InChI=1S/C20H25N9O3/c1-21-16(30)10-2-4-12(5-3-10)23-18-26-15-11(8-14-17(31)27-20(32)25-14)9-22-29(15)19(28-18)24-13-6-7-13/h8-10,12-13H,2-7H2,1H3,(H,21,30)(H2,23,24,26,28)(H2,25,27,31,32). The number of amides is 4. The van der Waals surface area contributed by atoms with Gasteiger partial charge in [-0.1, -0.05) is 0 Å². The average molecular weight is 439 g/mol. The van der Waals surface area contributed by atoms with Crippen LogP contribution in [0.2, 0.25) is 0 Å². The molecule has 1 aliphatic heterocycles. The number of hydrogen-bond donors (Lipinski definition) is 5. The van der Waals surface area contributed by atoms with Crippen molar-refractivity contribution in [2.75, 3.05) is 17.7 Å². The summed E-state index contributed by atoms with van der Waals surface area (Å²) >= 11 is 0. The number of nitrogens with zero attached hydrogens (tertiary/aromatic N) is 4. The highest BCUT2D eigenvalue weighted by Crippen LogP contribution is 2.28. The molecule has 0 aromatic carbocycles. The summed E-state index contributed by atoms with van der Waals surface area (Å²) in [7, 11) is 1.67. The number of carbonyl (C=O) groups is 3. The van der Waals surface area contributed by atoms with Gasteiger partial charge in [-0.3, -0.25) is 14.9 Å². The number of carbonyl (C=O) groups excluding carboxylic acids is 3. The Morgan fingerprint density at radius 3 is 2.44 bits per heavy atom. The van der Waals surface area contributed by atoms with Crippen molar-refractivity contribution in [3.05, 3.63) is 17.5 Å². The lowest BCUT2D eigenvalue weighted by molar-refractivity contribution is -0.125. The van der Waals surface area contributed by atoms with Crippen molar-refractivity contribution in [2.24, 2.45) is 5.92 Å². The zero-order chi connectivity index (χ0) is 22.2. The molecule has 0 bridgehead atoms. The SMILES string of the molecule is CNC(=O)C1CCC(Nc2nc(NC3CC3)n3ncc(C=C4NC(=O)NC4=O)c3n2)CC1. The van der Waals surface area contributed by atoms with Gasteiger partial charge < -0.3 is 21.3 Å². The molecule has 0 unspecified atom stereocenters. The highest BCUT2D eigenvalue weighted by molar-refractivity contribution is 6.14. The summed E-state index contributed by atoms with van der Waals surface area (Å²) in [5.74, 6) is 0.685. The average Bonchev–Trinajstić information content (AvgIpc) is 3.42. The summed E-state index contributed by atoms with van der Waals surface area (Å²) in [6, 6.07) is -0.0373. The molecule has 0 radical (unpaired) electrons. The van der Waals surface area contributed by atoms with Crippen molar-refractivity contribution in [1.82, 2.24) is 35.5 Å². The normalized spacial score (nSPS) is 24.3. The lowest BCUT2D eigenvalue weighted by atomic mass is 9.85. The number of hydrogen-bond acceptors (Lipinski definition) is 8. The maximum atomic E-state index is 11.9. The highest BCUT2D eigenvalue weighted by atomic mass is 16.2. The molecule has 32 heavy (non-hydrogen) atoms. The van der Waals surface area contributed by atoms with Crippen LogP contribution in [0.1, 0.15) is 44.1 Å². The van der Waals surface area contributed by atoms with Gasteiger partial charge in [0.15, 0.2) is 5.65 Å². The molecule has 12 heteroatoms. The van der Waals surface area contributed by atoms with E-state index in [1.165, 1.54) is 0 Å². The first-order chi connectivity index (χ1) is 15.5. The highest BCUT2D eigenvalue weighted by Gasteiger charge is 2.28. The van der Waals surface area contributed by atoms with Crippen LogP contribution in [0.25, 0.3) is 11.7 Å². The zero-order valence-corrected chi connectivity index (χ0v) is 17.6. The molecule has 3 heterocycles. The van der Waals surface area contributed by atoms with E-state index < -0.39 is 11.9 Å². The van der Waals surface area contributed by atoms with E-state index >= 15 is 0 Å². The molecule has 3 aliphatic rings. The number of fused-ring (bicyclic) bond motifs is 1. The molecular formula is C20H25N9O3. The van der Waals surface area contributed by atoms with Crippen LogP contribution in [0.3, 0.4) is 0 Å². The minimum atomic E-state index is -0.557. The predicted octanol–water partition coefficient (Wildman–Crippen LogP) is 0.596. The van der Waals surface area contributed by atoms with Crippen LogP contribution in [0.5, 0.6) is 0 Å². The molecule has 12 nitrogen and oxygen atoms in total. The first kappa shape index (κ1) is 20.2. The van der Waals surface area contributed by atoms with Crippen molar-refractivity contribution < 1.29 is 14.4 Å². The molecule has 2 saturated carbocycles. The summed E-state index contributed by atoms with van der Waals surface area (Å²) in [6.07, 6.45) is 8.60. The summed E-state index contributed by atoms with van der Waals surface area (Å²) in [5.41, 5.74) is 1.25. The van der Waals surface area contributed by atoms with E-state index in [1.807, 2.05) is 0 Å². The molecule has 1 saturated heterocycles. The fraction of sp³-hybridized carbons (Fsp3) is 0.500. The van der Waals surface area contributed by atoms with E-state index in [4.69, 9.17) is 0 Å². The minimum absolute atomic E-state index is 0.0503. The van der Waals surface area contributed by atoms with Crippen molar-refractivity contribution in [2.45, 2.75) is 50.6 Å². The first-order valence-electron chi connectivity index (χ1n) is 10.8. The summed E-state index contributed by atoms with van der Waals surface area (Å²) < 4.78 is 1.60. The molecule has 168 valence electrons. The van der Waals surface area contributed by atoms with Gasteiger partial charge in [0, 0.05) is 30.6 Å². The van der Waals surface area contributed by atoms with Crippen molar-refractivity contribution in [3.8, 4) is 0 Å². The molecule has 3 fully saturated rings. The van der Waals surface area contributed by atoms with Crippen molar-refractivity contribution >= 4 is 41.5 Å². The van der Waals surface area contributed by atoms with Crippen molar-refractivity contribution in [1.29, 1.82) is 0 Å². The smallest absolute Gasteiger partial charge is 0.326 e. The van der Waals surface area contributed by atoms with E-state index in [1.54, 1.807) is 23.8 Å². The van der Waals surface area contributed by atoms with Gasteiger partial charge in [0.1, 0.15) is 5.70 Å². The van der Waals surface area contributed by atoms with E-state index in [9.17, 15) is 14.4 Å². The van der Waals surface area contributed by atoms with Crippen LogP contribution in [-0.2, 0) is 9.59 Å². The maximum Gasteiger partial charge on any atom is 0.326 e. The summed E-state index contributed by atoms with van der Waals surface area (Å²) in [5, 5.41) is 18.6. The number of anilines is 2. The van der Waals surface area contributed by atoms with Crippen LogP contribution < -0.4 is 26.6 Å². The van der Waals surface area contributed by atoms with Crippen LogP contribution in [0.15, 0.2) is 11.9 Å². The molecule has 5 N–H and O–H groups in total. The number of nitrogens with one attached hydrogen (secondary N) is 5. The molecule has 2 aromatic heterocycles. The van der Waals surface area contributed by atoms with E-state index in [0.717, 1.165) is 38.5 Å². The van der Waals surface area contributed by atoms with Gasteiger partial charge in [0.05, 0.1) is 6.20 Å². The Morgan fingerprint density at radius 2 is 1.78 bits per heavy atom.